The Morgan fingerprint density at radius 1 is 1.03 bits per heavy atom. The zero-order chi connectivity index (χ0) is 20.9. The van der Waals surface area contributed by atoms with E-state index in [2.05, 4.69) is 52.6 Å². The zero-order valence-electron chi connectivity index (χ0n) is 17.1. The second-order valence-corrected chi connectivity index (χ2v) is 8.30. The van der Waals surface area contributed by atoms with Gasteiger partial charge in [0, 0.05) is 31.9 Å². The predicted octanol–water partition coefficient (Wildman–Crippen LogP) is 4.35. The minimum Gasteiger partial charge on any atom is -0.490 e. The fourth-order valence-electron chi connectivity index (χ4n) is 3.41. The number of thioether (sulfide) groups is 1. The average Bonchev–Trinajstić information content (AvgIpc) is 3.14. The molecule has 0 bridgehead atoms. The molecule has 6 heteroatoms. The predicted molar refractivity (Wildman–Crippen MR) is 125 cm³/mol. The molecule has 2 aliphatic rings. The number of amidine groups is 1. The third kappa shape index (κ3) is 4.76. The average molecular weight is 420 g/mol. The van der Waals surface area contributed by atoms with Crippen LogP contribution < -0.4 is 9.64 Å². The van der Waals surface area contributed by atoms with E-state index in [9.17, 15) is 4.79 Å². The van der Waals surface area contributed by atoms with Crippen LogP contribution in [0.2, 0.25) is 0 Å². The lowest BCUT2D eigenvalue weighted by Gasteiger charge is -2.36. The molecule has 2 aromatic rings. The topological polar surface area (TPSA) is 45.1 Å². The molecular weight excluding hydrogens is 394 g/mol. The van der Waals surface area contributed by atoms with Crippen LogP contribution in [0.15, 0.2) is 71.1 Å². The summed E-state index contributed by atoms with van der Waals surface area (Å²) >= 11 is 1.46. The Bertz CT molecular complexity index is 973. The van der Waals surface area contributed by atoms with Crippen LogP contribution in [0.1, 0.15) is 11.1 Å². The van der Waals surface area contributed by atoms with E-state index in [1.165, 1.54) is 23.0 Å². The Balaban J connectivity index is 1.35. The maximum absolute atomic E-state index is 12.4. The van der Waals surface area contributed by atoms with E-state index in [1.54, 1.807) is 6.08 Å². The Morgan fingerprint density at radius 3 is 2.37 bits per heavy atom. The number of carbonyl (C=O) groups is 1. The lowest BCUT2D eigenvalue weighted by molar-refractivity contribution is -0.113. The molecule has 1 amide bonds. The summed E-state index contributed by atoms with van der Waals surface area (Å²) < 4.78 is 5.50. The first-order valence-electron chi connectivity index (χ1n) is 10.1. The van der Waals surface area contributed by atoms with E-state index >= 15 is 0 Å². The van der Waals surface area contributed by atoms with Crippen molar-refractivity contribution in [2.45, 2.75) is 6.92 Å². The summed E-state index contributed by atoms with van der Waals surface area (Å²) in [6.07, 6.45) is 3.60. The Morgan fingerprint density at radius 2 is 1.70 bits per heavy atom. The number of benzene rings is 2. The van der Waals surface area contributed by atoms with Crippen molar-refractivity contribution in [2.24, 2.45) is 4.99 Å². The Hall–Kier alpha value is -2.99. The molecule has 1 fully saturated rings. The van der Waals surface area contributed by atoms with Gasteiger partial charge in [-0.1, -0.05) is 42.5 Å². The highest BCUT2D eigenvalue weighted by Gasteiger charge is 2.28. The van der Waals surface area contributed by atoms with E-state index in [4.69, 9.17) is 4.74 Å². The summed E-state index contributed by atoms with van der Waals surface area (Å²) in [6.45, 7) is 9.77. The summed E-state index contributed by atoms with van der Waals surface area (Å²) in [5.41, 5.74) is 3.47. The number of aryl methyl sites for hydroxylation is 1. The van der Waals surface area contributed by atoms with Gasteiger partial charge in [-0.3, -0.25) is 4.79 Å². The molecule has 0 aliphatic carbocycles. The summed E-state index contributed by atoms with van der Waals surface area (Å²) in [5, 5.41) is 0.806. The first kappa shape index (κ1) is 20.3. The monoisotopic (exact) mass is 419 g/mol. The fraction of sp³-hybridized carbons (Fsp3) is 0.250. The first-order chi connectivity index (χ1) is 14.6. The second kappa shape index (κ2) is 9.22. The van der Waals surface area contributed by atoms with Crippen LogP contribution in [0.5, 0.6) is 5.75 Å². The van der Waals surface area contributed by atoms with Crippen molar-refractivity contribution in [1.29, 1.82) is 0 Å². The van der Waals surface area contributed by atoms with Crippen molar-refractivity contribution in [3.05, 3.63) is 77.2 Å². The molecule has 0 spiro atoms. The van der Waals surface area contributed by atoms with Gasteiger partial charge >= 0.3 is 0 Å². The van der Waals surface area contributed by atoms with Gasteiger partial charge in [0.05, 0.1) is 4.91 Å². The van der Waals surface area contributed by atoms with E-state index in [0.717, 1.165) is 42.7 Å². The fourth-order valence-corrected chi connectivity index (χ4v) is 4.38. The zero-order valence-corrected chi connectivity index (χ0v) is 17.9. The molecule has 5 nitrogen and oxygen atoms in total. The van der Waals surface area contributed by atoms with Crippen LogP contribution in [0.4, 0.5) is 5.69 Å². The Kier molecular flexibility index (Phi) is 6.23. The number of amides is 1. The number of rotatable bonds is 5. The molecule has 0 atom stereocenters. The van der Waals surface area contributed by atoms with Gasteiger partial charge in [0.1, 0.15) is 12.4 Å². The van der Waals surface area contributed by atoms with Crippen molar-refractivity contribution in [3.63, 3.8) is 0 Å². The summed E-state index contributed by atoms with van der Waals surface area (Å²) in [5.74, 6) is 0.619. The van der Waals surface area contributed by atoms with Gasteiger partial charge in [0.15, 0.2) is 5.17 Å². The molecule has 0 radical (unpaired) electrons. The van der Waals surface area contributed by atoms with Crippen molar-refractivity contribution < 1.29 is 9.53 Å². The smallest absolute Gasteiger partial charge is 0.286 e. The highest BCUT2D eigenvalue weighted by molar-refractivity contribution is 8.18. The number of ether oxygens (including phenoxy) is 1. The van der Waals surface area contributed by atoms with Gasteiger partial charge in [-0.2, -0.15) is 4.99 Å². The van der Waals surface area contributed by atoms with E-state index < -0.39 is 0 Å². The number of carbonyl (C=O) groups excluding carboxylic acids is 1. The van der Waals surface area contributed by atoms with Gasteiger partial charge in [0.2, 0.25) is 0 Å². The third-order valence-electron chi connectivity index (χ3n) is 5.10. The number of aliphatic imine (C=N–C) groups is 1. The number of hydrogen-bond acceptors (Lipinski definition) is 5. The Labute approximate surface area is 181 Å². The van der Waals surface area contributed by atoms with Crippen molar-refractivity contribution in [1.82, 2.24) is 4.90 Å². The van der Waals surface area contributed by atoms with Gasteiger partial charge in [-0.25, -0.2) is 0 Å². The third-order valence-corrected chi connectivity index (χ3v) is 6.15. The summed E-state index contributed by atoms with van der Waals surface area (Å²) in [6, 6.07) is 16.3. The molecule has 2 aliphatic heterocycles. The van der Waals surface area contributed by atoms with Crippen LogP contribution in [0.25, 0.3) is 6.08 Å². The van der Waals surface area contributed by atoms with E-state index in [0.29, 0.717) is 11.5 Å². The lowest BCUT2D eigenvalue weighted by atomic mass is 10.2. The summed E-state index contributed by atoms with van der Waals surface area (Å²) in [7, 11) is 0. The molecular formula is C24H25N3O2S. The second-order valence-electron chi connectivity index (χ2n) is 7.29. The molecule has 0 N–H and O–H groups in total. The normalized spacial score (nSPS) is 18.0. The molecule has 154 valence electrons. The van der Waals surface area contributed by atoms with Crippen LogP contribution in [0.3, 0.4) is 0 Å². The summed E-state index contributed by atoms with van der Waals surface area (Å²) in [4.78, 5) is 22.0. The molecule has 30 heavy (non-hydrogen) atoms. The largest absolute Gasteiger partial charge is 0.490 e. The molecule has 0 unspecified atom stereocenters. The molecule has 1 saturated heterocycles. The number of piperazine rings is 1. The van der Waals surface area contributed by atoms with Gasteiger partial charge in [-0.15, -0.1) is 0 Å². The van der Waals surface area contributed by atoms with Crippen LogP contribution in [-0.4, -0.2) is 48.8 Å². The minimum atomic E-state index is -0.164. The van der Waals surface area contributed by atoms with Crippen molar-refractivity contribution in [3.8, 4) is 5.75 Å². The van der Waals surface area contributed by atoms with Crippen molar-refractivity contribution in [2.75, 3.05) is 37.7 Å². The standard InChI is InChI=1S/C24H25N3O2S/c1-3-16-29-21-10-6-19(7-11-21)17-22-23(28)25-24(30-22)27-14-12-26(13-15-27)20-8-4-18(2)5-9-20/h3-11,17H,1,12-16H2,2H3. The van der Waals surface area contributed by atoms with Crippen LogP contribution in [-0.2, 0) is 4.79 Å². The van der Waals surface area contributed by atoms with E-state index in [1.807, 2.05) is 30.3 Å². The lowest BCUT2D eigenvalue weighted by Crippen LogP contribution is -2.47. The van der Waals surface area contributed by atoms with Gasteiger partial charge < -0.3 is 14.5 Å². The number of anilines is 1. The molecule has 0 saturated carbocycles. The number of nitrogens with zero attached hydrogens (tertiary/aromatic N) is 3. The quantitative estimate of drug-likeness (QED) is 0.533. The molecule has 2 aromatic carbocycles. The maximum atomic E-state index is 12.4. The van der Waals surface area contributed by atoms with Gasteiger partial charge in [-0.05, 0) is 54.6 Å². The SMILES string of the molecule is C=CCOc1ccc(C=C2SC(N3CCN(c4ccc(C)cc4)CC3)=NC2=O)cc1. The molecule has 2 heterocycles. The highest BCUT2D eigenvalue weighted by Crippen LogP contribution is 2.31. The maximum Gasteiger partial charge on any atom is 0.286 e. The van der Waals surface area contributed by atoms with Crippen LogP contribution in [0, 0.1) is 6.92 Å². The first-order valence-corrected chi connectivity index (χ1v) is 10.9. The van der Waals surface area contributed by atoms with E-state index in [-0.39, 0.29) is 5.91 Å². The molecule has 0 aromatic heterocycles. The highest BCUT2D eigenvalue weighted by atomic mass is 32.2. The number of hydrogen-bond donors (Lipinski definition) is 0. The molecule has 4 rings (SSSR count). The minimum absolute atomic E-state index is 0.164. The van der Waals surface area contributed by atoms with Gasteiger partial charge in [0.25, 0.3) is 5.91 Å². The van der Waals surface area contributed by atoms with Crippen molar-refractivity contribution >= 4 is 34.6 Å². The van der Waals surface area contributed by atoms with Crippen LogP contribution >= 0.6 is 11.8 Å².